The topological polar surface area (TPSA) is 29.3 Å². The third-order valence-electron chi connectivity index (χ3n) is 3.46. The summed E-state index contributed by atoms with van der Waals surface area (Å²) in [4.78, 5) is 2.01. The van der Waals surface area contributed by atoms with Gasteiger partial charge in [0.2, 0.25) is 0 Å². The van der Waals surface area contributed by atoms with E-state index in [1.165, 1.54) is 12.5 Å². The Balaban J connectivity index is 2.17. The number of hydrogen-bond donors (Lipinski definition) is 1. The molecule has 1 saturated carbocycles. The van der Waals surface area contributed by atoms with Crippen LogP contribution in [0.1, 0.15) is 18.9 Å². The number of para-hydroxylation sites is 1. The van der Waals surface area contributed by atoms with Crippen LogP contribution in [0, 0.1) is 17.7 Å². The first-order chi connectivity index (χ1) is 7.63. The molecule has 2 N–H and O–H groups in total. The molecule has 2 unspecified atom stereocenters. The van der Waals surface area contributed by atoms with Crippen LogP contribution >= 0.6 is 0 Å². The second-order valence-electron chi connectivity index (χ2n) is 4.81. The molecule has 1 aromatic rings. The number of hydrogen-bond acceptors (Lipinski definition) is 2. The summed E-state index contributed by atoms with van der Waals surface area (Å²) in [6.07, 6.45) is 1.26. The summed E-state index contributed by atoms with van der Waals surface area (Å²) >= 11 is 0. The highest BCUT2D eigenvalue weighted by atomic mass is 19.1. The van der Waals surface area contributed by atoms with Gasteiger partial charge in [-0.05, 0) is 29.9 Å². The fourth-order valence-electron chi connectivity index (χ4n) is 2.25. The maximum absolute atomic E-state index is 13.8. The van der Waals surface area contributed by atoms with Crippen molar-refractivity contribution >= 4 is 5.69 Å². The van der Waals surface area contributed by atoms with Gasteiger partial charge < -0.3 is 10.6 Å². The predicted molar refractivity (Wildman–Crippen MR) is 64.8 cm³/mol. The van der Waals surface area contributed by atoms with E-state index in [-0.39, 0.29) is 5.82 Å². The fourth-order valence-corrected chi connectivity index (χ4v) is 2.25. The normalized spacial score (nSPS) is 23.2. The number of anilines is 1. The molecule has 3 heteroatoms. The van der Waals surface area contributed by atoms with Crippen molar-refractivity contribution in [1.82, 2.24) is 0 Å². The summed E-state index contributed by atoms with van der Waals surface area (Å²) in [6, 6.07) is 5.11. The summed E-state index contributed by atoms with van der Waals surface area (Å²) < 4.78 is 13.8. The van der Waals surface area contributed by atoms with Crippen LogP contribution in [0.3, 0.4) is 0 Å². The van der Waals surface area contributed by atoms with Gasteiger partial charge in [0, 0.05) is 20.1 Å². The zero-order chi connectivity index (χ0) is 11.7. The van der Waals surface area contributed by atoms with Crippen molar-refractivity contribution in [2.75, 3.05) is 18.5 Å². The van der Waals surface area contributed by atoms with Crippen molar-refractivity contribution in [3.8, 4) is 0 Å². The molecule has 88 valence electrons. The first-order valence-electron chi connectivity index (χ1n) is 5.82. The van der Waals surface area contributed by atoms with Crippen molar-refractivity contribution in [2.24, 2.45) is 17.6 Å². The van der Waals surface area contributed by atoms with Crippen LogP contribution < -0.4 is 10.6 Å². The molecule has 0 bridgehead atoms. The Morgan fingerprint density at radius 2 is 2.19 bits per heavy atom. The highest BCUT2D eigenvalue weighted by Crippen LogP contribution is 2.39. The third kappa shape index (κ3) is 2.19. The average molecular weight is 222 g/mol. The maximum Gasteiger partial charge on any atom is 0.146 e. The molecule has 2 nitrogen and oxygen atoms in total. The highest BCUT2D eigenvalue weighted by Gasteiger charge is 2.33. The Kier molecular flexibility index (Phi) is 3.15. The molecule has 1 aliphatic rings. The lowest BCUT2D eigenvalue weighted by molar-refractivity contribution is 0.613. The molecule has 1 aliphatic carbocycles. The van der Waals surface area contributed by atoms with Crippen molar-refractivity contribution in [1.29, 1.82) is 0 Å². The van der Waals surface area contributed by atoms with E-state index in [1.54, 1.807) is 6.07 Å². The van der Waals surface area contributed by atoms with Gasteiger partial charge in [0.05, 0.1) is 5.69 Å². The molecule has 2 rings (SSSR count). The van der Waals surface area contributed by atoms with E-state index in [0.29, 0.717) is 12.2 Å². The lowest BCUT2D eigenvalue weighted by Crippen LogP contribution is -2.23. The zero-order valence-corrected chi connectivity index (χ0v) is 9.91. The summed E-state index contributed by atoms with van der Waals surface area (Å²) in [6.45, 7) is 3.55. The second-order valence-corrected chi connectivity index (χ2v) is 4.81. The summed E-state index contributed by atoms with van der Waals surface area (Å²) in [5.41, 5.74) is 7.19. The Labute approximate surface area is 96.2 Å². The first-order valence-corrected chi connectivity index (χ1v) is 5.82. The molecule has 0 spiro atoms. The van der Waals surface area contributed by atoms with E-state index >= 15 is 0 Å². The molecule has 0 saturated heterocycles. The second kappa shape index (κ2) is 4.42. The summed E-state index contributed by atoms with van der Waals surface area (Å²) in [5.74, 6) is 1.34. The minimum atomic E-state index is -0.168. The summed E-state index contributed by atoms with van der Waals surface area (Å²) in [7, 11) is 1.95. The van der Waals surface area contributed by atoms with Crippen molar-refractivity contribution < 1.29 is 4.39 Å². The van der Waals surface area contributed by atoms with Gasteiger partial charge in [-0.3, -0.25) is 0 Å². The Bertz CT molecular complexity index is 378. The zero-order valence-electron chi connectivity index (χ0n) is 9.91. The van der Waals surface area contributed by atoms with E-state index in [0.717, 1.165) is 23.9 Å². The van der Waals surface area contributed by atoms with Crippen molar-refractivity contribution in [2.45, 2.75) is 19.9 Å². The fraction of sp³-hybridized carbons (Fsp3) is 0.538. The lowest BCUT2D eigenvalue weighted by atomic mass is 10.1. The van der Waals surface area contributed by atoms with Crippen LogP contribution in [0.15, 0.2) is 18.2 Å². The number of rotatable bonds is 4. The van der Waals surface area contributed by atoms with Crippen LogP contribution in [0.2, 0.25) is 0 Å². The standard InChI is InChI=1S/C13H19FN2/c1-9-6-11(9)8-16(2)13-10(7-15)4-3-5-12(13)14/h3-5,9,11H,6-8,15H2,1-2H3. The SMILES string of the molecule is CC1CC1CN(C)c1c(F)cccc1CN. The van der Waals surface area contributed by atoms with E-state index in [2.05, 4.69) is 6.92 Å². The predicted octanol–water partition coefficient (Wildman–Crippen LogP) is 2.38. The minimum Gasteiger partial charge on any atom is -0.372 e. The molecule has 0 aromatic heterocycles. The average Bonchev–Trinajstić information content (AvgIpc) is 2.93. The van der Waals surface area contributed by atoms with E-state index in [1.807, 2.05) is 18.0 Å². The van der Waals surface area contributed by atoms with Crippen molar-refractivity contribution in [3.05, 3.63) is 29.6 Å². The molecule has 16 heavy (non-hydrogen) atoms. The minimum absolute atomic E-state index is 0.168. The Morgan fingerprint density at radius 1 is 1.50 bits per heavy atom. The van der Waals surface area contributed by atoms with Gasteiger partial charge in [-0.2, -0.15) is 0 Å². The quantitative estimate of drug-likeness (QED) is 0.847. The van der Waals surface area contributed by atoms with Gasteiger partial charge in [0.15, 0.2) is 0 Å². The highest BCUT2D eigenvalue weighted by molar-refractivity contribution is 5.54. The maximum atomic E-state index is 13.8. The third-order valence-corrected chi connectivity index (χ3v) is 3.46. The number of nitrogens with two attached hydrogens (primary N) is 1. The molecular formula is C13H19FN2. The van der Waals surface area contributed by atoms with Crippen molar-refractivity contribution in [3.63, 3.8) is 0 Å². The van der Waals surface area contributed by atoms with Gasteiger partial charge in [-0.25, -0.2) is 4.39 Å². The van der Waals surface area contributed by atoms with Crippen LogP contribution in [-0.2, 0) is 6.54 Å². The van der Waals surface area contributed by atoms with Gasteiger partial charge in [0.1, 0.15) is 5.82 Å². The largest absolute Gasteiger partial charge is 0.372 e. The molecule has 0 aliphatic heterocycles. The molecule has 1 fully saturated rings. The number of nitrogens with zero attached hydrogens (tertiary/aromatic N) is 1. The van der Waals surface area contributed by atoms with Crippen LogP contribution in [0.5, 0.6) is 0 Å². The van der Waals surface area contributed by atoms with Crippen LogP contribution in [0.4, 0.5) is 10.1 Å². The number of benzene rings is 1. The first kappa shape index (κ1) is 11.4. The van der Waals surface area contributed by atoms with Gasteiger partial charge in [-0.1, -0.05) is 19.1 Å². The molecule has 0 heterocycles. The van der Waals surface area contributed by atoms with E-state index in [4.69, 9.17) is 5.73 Å². The smallest absolute Gasteiger partial charge is 0.146 e. The van der Waals surface area contributed by atoms with E-state index < -0.39 is 0 Å². The summed E-state index contributed by atoms with van der Waals surface area (Å²) in [5, 5.41) is 0. The van der Waals surface area contributed by atoms with Crippen LogP contribution in [0.25, 0.3) is 0 Å². The monoisotopic (exact) mass is 222 g/mol. The molecule has 0 radical (unpaired) electrons. The molecule has 2 atom stereocenters. The van der Waals surface area contributed by atoms with Gasteiger partial charge in [-0.15, -0.1) is 0 Å². The Morgan fingerprint density at radius 3 is 2.75 bits per heavy atom. The molecule has 0 amide bonds. The lowest BCUT2D eigenvalue weighted by Gasteiger charge is -2.22. The van der Waals surface area contributed by atoms with Crippen LogP contribution in [-0.4, -0.2) is 13.6 Å². The van der Waals surface area contributed by atoms with E-state index in [9.17, 15) is 4.39 Å². The number of halogens is 1. The molecule has 1 aromatic carbocycles. The van der Waals surface area contributed by atoms with Gasteiger partial charge >= 0.3 is 0 Å². The Hall–Kier alpha value is -1.09. The molecular weight excluding hydrogens is 203 g/mol. The van der Waals surface area contributed by atoms with Gasteiger partial charge in [0.25, 0.3) is 0 Å².